The van der Waals surface area contributed by atoms with Gasteiger partial charge in [0.05, 0.1) is 27.3 Å². The van der Waals surface area contributed by atoms with E-state index in [1.165, 1.54) is 0 Å². The van der Waals surface area contributed by atoms with Crippen molar-refractivity contribution < 1.29 is 4.79 Å². The van der Waals surface area contributed by atoms with Crippen molar-refractivity contribution in [3.05, 3.63) is 70.0 Å². The molecule has 94 valence electrons. The summed E-state index contributed by atoms with van der Waals surface area (Å²) in [4.78, 5) is 12.4. The van der Waals surface area contributed by atoms with Crippen molar-refractivity contribution in [3.8, 4) is 0 Å². The molecule has 0 saturated carbocycles. The molecule has 0 N–H and O–H groups in total. The second-order valence-electron chi connectivity index (χ2n) is 4.05. The number of halogens is 2. The second-order valence-corrected chi connectivity index (χ2v) is 4.86. The number of nitrogens with zero attached hydrogens (tertiary/aromatic N) is 2. The van der Waals surface area contributed by atoms with Crippen molar-refractivity contribution in [1.29, 1.82) is 0 Å². The first-order chi connectivity index (χ1) is 9.16. The fourth-order valence-corrected chi connectivity index (χ4v) is 2.20. The molecule has 0 aliphatic heterocycles. The average Bonchev–Trinajstić information content (AvgIpc) is 2.85. The van der Waals surface area contributed by atoms with E-state index in [1.54, 1.807) is 35.1 Å². The van der Waals surface area contributed by atoms with E-state index >= 15 is 0 Å². The molecule has 0 radical (unpaired) electrons. The van der Waals surface area contributed by atoms with Gasteiger partial charge in [-0.2, -0.15) is 5.10 Å². The predicted molar refractivity (Wildman–Crippen MR) is 75.1 cm³/mol. The van der Waals surface area contributed by atoms with Crippen LogP contribution in [-0.2, 0) is 0 Å². The third kappa shape index (κ3) is 2.11. The largest absolute Gasteiger partial charge is 0.288 e. The molecule has 0 aliphatic rings. The summed E-state index contributed by atoms with van der Waals surface area (Å²) in [5.41, 5.74) is 1.80. The minimum absolute atomic E-state index is 0.125. The van der Waals surface area contributed by atoms with E-state index < -0.39 is 0 Å². The zero-order valence-corrected chi connectivity index (χ0v) is 11.2. The molecule has 0 bridgehead atoms. The molecule has 1 aromatic carbocycles. The normalized spacial score (nSPS) is 10.8. The van der Waals surface area contributed by atoms with Gasteiger partial charge >= 0.3 is 0 Å². The third-order valence-corrected chi connectivity index (χ3v) is 3.59. The van der Waals surface area contributed by atoms with Crippen molar-refractivity contribution in [1.82, 2.24) is 9.61 Å². The summed E-state index contributed by atoms with van der Waals surface area (Å²) in [5.74, 6) is -0.125. The zero-order valence-electron chi connectivity index (χ0n) is 9.68. The number of aromatic nitrogens is 2. The van der Waals surface area contributed by atoms with E-state index in [4.69, 9.17) is 23.2 Å². The number of hydrogen-bond acceptors (Lipinski definition) is 2. The van der Waals surface area contributed by atoms with Crippen molar-refractivity contribution >= 4 is 34.5 Å². The molecule has 3 rings (SSSR count). The van der Waals surface area contributed by atoms with Crippen LogP contribution in [0.4, 0.5) is 0 Å². The van der Waals surface area contributed by atoms with Crippen LogP contribution in [0.3, 0.4) is 0 Å². The van der Waals surface area contributed by atoms with Crippen LogP contribution in [-0.4, -0.2) is 15.4 Å². The number of fused-ring (bicyclic) bond motifs is 1. The monoisotopic (exact) mass is 290 g/mol. The first-order valence-corrected chi connectivity index (χ1v) is 6.34. The molecule has 0 aliphatic carbocycles. The lowest BCUT2D eigenvalue weighted by molar-refractivity contribution is 0.104. The minimum atomic E-state index is -0.125. The number of pyridine rings is 1. The van der Waals surface area contributed by atoms with Crippen molar-refractivity contribution in [2.75, 3.05) is 0 Å². The fraction of sp³-hybridized carbons (Fsp3) is 0. The van der Waals surface area contributed by atoms with Gasteiger partial charge in [-0.25, -0.2) is 4.52 Å². The Kier molecular flexibility index (Phi) is 3.01. The number of benzene rings is 1. The van der Waals surface area contributed by atoms with Gasteiger partial charge in [0, 0.05) is 11.8 Å². The van der Waals surface area contributed by atoms with E-state index in [2.05, 4.69) is 5.10 Å². The number of carbonyl (C=O) groups excluding carboxylic acids is 1. The summed E-state index contributed by atoms with van der Waals surface area (Å²) in [7, 11) is 0. The molecule has 5 heteroatoms. The first-order valence-electron chi connectivity index (χ1n) is 5.59. The standard InChI is InChI=1S/C14H8Cl2N2O/c15-11-5-4-9(7-12(11)16)14(19)10-8-17-18-6-2-1-3-13(10)18/h1-8H. The van der Waals surface area contributed by atoms with Gasteiger partial charge in [-0.3, -0.25) is 4.79 Å². The maximum Gasteiger partial charge on any atom is 0.196 e. The molecule has 19 heavy (non-hydrogen) atoms. The minimum Gasteiger partial charge on any atom is -0.288 e. The second kappa shape index (κ2) is 4.68. The summed E-state index contributed by atoms with van der Waals surface area (Å²) in [5, 5.41) is 4.94. The lowest BCUT2D eigenvalue weighted by Gasteiger charge is -2.01. The van der Waals surface area contributed by atoms with Crippen LogP contribution in [0.25, 0.3) is 5.52 Å². The molecule has 0 saturated heterocycles. The van der Waals surface area contributed by atoms with Gasteiger partial charge in [0.2, 0.25) is 0 Å². The van der Waals surface area contributed by atoms with E-state index in [1.807, 2.05) is 18.2 Å². The average molecular weight is 291 g/mol. The third-order valence-electron chi connectivity index (χ3n) is 2.85. The molecule has 3 aromatic rings. The van der Waals surface area contributed by atoms with Gasteiger partial charge in [0.1, 0.15) is 0 Å². The maximum atomic E-state index is 12.4. The predicted octanol–water partition coefficient (Wildman–Crippen LogP) is 3.87. The van der Waals surface area contributed by atoms with E-state index in [-0.39, 0.29) is 5.78 Å². The van der Waals surface area contributed by atoms with Gasteiger partial charge in [-0.15, -0.1) is 0 Å². The van der Waals surface area contributed by atoms with E-state index in [0.29, 0.717) is 21.2 Å². The molecule has 0 spiro atoms. The molecule has 0 fully saturated rings. The molecular weight excluding hydrogens is 283 g/mol. The fourth-order valence-electron chi connectivity index (χ4n) is 1.90. The molecule has 0 amide bonds. The maximum absolute atomic E-state index is 12.4. The van der Waals surface area contributed by atoms with E-state index in [0.717, 1.165) is 5.52 Å². The number of hydrogen-bond donors (Lipinski definition) is 0. The lowest BCUT2D eigenvalue weighted by Crippen LogP contribution is -2.00. The summed E-state index contributed by atoms with van der Waals surface area (Å²) in [6, 6.07) is 10.4. The number of rotatable bonds is 2. The van der Waals surface area contributed by atoms with Crippen LogP contribution < -0.4 is 0 Å². The highest BCUT2D eigenvalue weighted by Crippen LogP contribution is 2.24. The highest BCUT2D eigenvalue weighted by molar-refractivity contribution is 6.42. The highest BCUT2D eigenvalue weighted by atomic mass is 35.5. The van der Waals surface area contributed by atoms with Gasteiger partial charge < -0.3 is 0 Å². The zero-order chi connectivity index (χ0) is 13.4. The number of ketones is 1. The number of carbonyl (C=O) groups is 1. The SMILES string of the molecule is O=C(c1ccc(Cl)c(Cl)c1)c1cnn2ccccc12. The molecule has 2 heterocycles. The summed E-state index contributed by atoms with van der Waals surface area (Å²) in [6.07, 6.45) is 3.35. The molecule has 2 aromatic heterocycles. The Morgan fingerprint density at radius 2 is 1.95 bits per heavy atom. The van der Waals surface area contributed by atoms with Crippen molar-refractivity contribution in [2.45, 2.75) is 0 Å². The van der Waals surface area contributed by atoms with Crippen LogP contribution >= 0.6 is 23.2 Å². The first kappa shape index (κ1) is 12.2. The van der Waals surface area contributed by atoms with Crippen molar-refractivity contribution in [3.63, 3.8) is 0 Å². The Morgan fingerprint density at radius 1 is 1.11 bits per heavy atom. The van der Waals surface area contributed by atoms with Gasteiger partial charge in [-0.1, -0.05) is 29.3 Å². The molecule has 3 nitrogen and oxygen atoms in total. The Balaban J connectivity index is 2.11. The van der Waals surface area contributed by atoms with Gasteiger partial charge in [0.15, 0.2) is 5.78 Å². The Bertz CT molecular complexity index is 780. The highest BCUT2D eigenvalue weighted by Gasteiger charge is 2.15. The quantitative estimate of drug-likeness (QED) is 0.672. The van der Waals surface area contributed by atoms with E-state index in [9.17, 15) is 4.79 Å². The van der Waals surface area contributed by atoms with Crippen LogP contribution in [0.1, 0.15) is 15.9 Å². The summed E-state index contributed by atoms with van der Waals surface area (Å²) in [6.45, 7) is 0. The van der Waals surface area contributed by atoms with Crippen LogP contribution in [0.5, 0.6) is 0 Å². The van der Waals surface area contributed by atoms with Crippen LogP contribution in [0, 0.1) is 0 Å². The van der Waals surface area contributed by atoms with Gasteiger partial charge in [-0.05, 0) is 30.3 Å². The van der Waals surface area contributed by atoms with Crippen LogP contribution in [0.15, 0.2) is 48.8 Å². The summed E-state index contributed by atoms with van der Waals surface area (Å²) < 4.78 is 1.66. The molecule has 0 atom stereocenters. The van der Waals surface area contributed by atoms with Crippen LogP contribution in [0.2, 0.25) is 10.0 Å². The lowest BCUT2D eigenvalue weighted by atomic mass is 10.0. The topological polar surface area (TPSA) is 34.4 Å². The smallest absolute Gasteiger partial charge is 0.196 e. The Morgan fingerprint density at radius 3 is 2.74 bits per heavy atom. The molecule has 0 unspecified atom stereocenters. The van der Waals surface area contributed by atoms with Gasteiger partial charge in [0.25, 0.3) is 0 Å². The van der Waals surface area contributed by atoms with Crippen molar-refractivity contribution in [2.24, 2.45) is 0 Å². The summed E-state index contributed by atoms with van der Waals surface area (Å²) >= 11 is 11.8. The Labute approximate surface area is 119 Å². The Hall–Kier alpha value is -1.84. The molecular formula is C14H8Cl2N2O.